The highest BCUT2D eigenvalue weighted by Gasteiger charge is 2.52. The first kappa shape index (κ1) is 25.8. The first-order valence-electron chi connectivity index (χ1n) is 11.1. The van der Waals surface area contributed by atoms with Gasteiger partial charge in [0.15, 0.2) is 0 Å². The molecular formula is C25H21F4N5O3. The number of nitriles is 1. The summed E-state index contributed by atoms with van der Waals surface area (Å²) < 4.78 is 56.7. The molecule has 3 amide bonds. The summed E-state index contributed by atoms with van der Waals surface area (Å²) in [6.45, 7) is 2.60. The Bertz CT molecular complexity index is 1420. The van der Waals surface area contributed by atoms with Gasteiger partial charge in [-0.2, -0.15) is 18.4 Å². The number of anilines is 1. The van der Waals surface area contributed by atoms with Crippen molar-refractivity contribution in [1.29, 1.82) is 5.26 Å². The first-order chi connectivity index (χ1) is 17.4. The molecule has 192 valence electrons. The Labute approximate surface area is 209 Å². The number of amides is 3. The summed E-state index contributed by atoms with van der Waals surface area (Å²) in [7, 11) is 0. The molecule has 1 saturated heterocycles. The number of aromatic nitrogens is 2. The zero-order valence-corrected chi connectivity index (χ0v) is 19.8. The molecule has 0 bridgehead atoms. The second-order valence-corrected chi connectivity index (χ2v) is 8.94. The highest BCUT2D eigenvalue weighted by atomic mass is 19.4. The van der Waals surface area contributed by atoms with Crippen LogP contribution in [-0.4, -0.2) is 43.6 Å². The number of benzene rings is 2. The normalized spacial score (nSPS) is 15.4. The van der Waals surface area contributed by atoms with Gasteiger partial charge in [-0.1, -0.05) is 6.07 Å². The fourth-order valence-corrected chi connectivity index (χ4v) is 4.11. The molecule has 4 rings (SSSR count). The van der Waals surface area contributed by atoms with Crippen LogP contribution in [-0.2, 0) is 23.9 Å². The van der Waals surface area contributed by atoms with E-state index in [2.05, 4.69) is 4.98 Å². The number of hydrogen-bond donors (Lipinski definition) is 1. The largest absolute Gasteiger partial charge is 0.417 e. The molecule has 1 aliphatic heterocycles. The van der Waals surface area contributed by atoms with Gasteiger partial charge in [-0.3, -0.25) is 4.79 Å². The molecule has 2 aromatic carbocycles. The molecule has 8 nitrogen and oxygen atoms in total. The number of alkyl halides is 3. The topological polar surface area (TPSA) is 102 Å². The van der Waals surface area contributed by atoms with E-state index >= 15 is 0 Å². The van der Waals surface area contributed by atoms with Gasteiger partial charge < -0.3 is 14.6 Å². The number of halogens is 4. The van der Waals surface area contributed by atoms with Crippen LogP contribution in [0.4, 0.5) is 28.0 Å². The van der Waals surface area contributed by atoms with Gasteiger partial charge in [-0.05, 0) is 49.7 Å². The predicted molar refractivity (Wildman–Crippen MR) is 123 cm³/mol. The van der Waals surface area contributed by atoms with Crippen LogP contribution in [0.25, 0.3) is 5.69 Å². The Morgan fingerprint density at radius 1 is 1.14 bits per heavy atom. The molecule has 0 aliphatic carbocycles. The van der Waals surface area contributed by atoms with Crippen LogP contribution in [0.15, 0.2) is 48.9 Å². The zero-order valence-electron chi connectivity index (χ0n) is 19.8. The van der Waals surface area contributed by atoms with E-state index in [0.717, 1.165) is 17.0 Å². The third-order valence-corrected chi connectivity index (χ3v) is 6.15. The van der Waals surface area contributed by atoms with Crippen molar-refractivity contribution in [2.24, 2.45) is 0 Å². The maximum absolute atomic E-state index is 14.9. The first-order valence-corrected chi connectivity index (χ1v) is 11.1. The molecule has 2 heterocycles. The maximum atomic E-state index is 14.9. The van der Waals surface area contributed by atoms with Crippen LogP contribution in [0.2, 0.25) is 0 Å². The molecule has 1 fully saturated rings. The maximum Gasteiger partial charge on any atom is 0.417 e. The molecule has 12 heteroatoms. The number of imide groups is 1. The third-order valence-electron chi connectivity index (χ3n) is 6.15. The lowest BCUT2D eigenvalue weighted by molar-refractivity contribution is -0.137. The Morgan fingerprint density at radius 2 is 1.86 bits per heavy atom. The van der Waals surface area contributed by atoms with Crippen molar-refractivity contribution in [2.75, 3.05) is 11.5 Å². The average molecular weight is 515 g/mol. The summed E-state index contributed by atoms with van der Waals surface area (Å²) in [5.41, 5.74) is -2.55. The molecule has 0 saturated carbocycles. The SMILES string of the molecule is CC1(C)C(=O)N(c2ccc(C#N)c(C(F)(F)F)c2)C(=O)N1Cc1ccc(-n2cnc(CCO)c2)c(F)c1. The Balaban J connectivity index is 1.63. The van der Waals surface area contributed by atoms with E-state index in [9.17, 15) is 27.2 Å². The van der Waals surface area contributed by atoms with Gasteiger partial charge in [0.1, 0.15) is 11.4 Å². The number of urea groups is 1. The number of carbonyl (C=O) groups excluding carboxylic acids is 2. The smallest absolute Gasteiger partial charge is 0.396 e. The van der Waals surface area contributed by atoms with Crippen molar-refractivity contribution < 1.29 is 32.3 Å². The van der Waals surface area contributed by atoms with Crippen LogP contribution >= 0.6 is 0 Å². The molecular weight excluding hydrogens is 494 g/mol. The second-order valence-electron chi connectivity index (χ2n) is 8.94. The lowest BCUT2D eigenvalue weighted by Crippen LogP contribution is -2.43. The molecule has 1 aromatic heterocycles. The van der Waals surface area contributed by atoms with E-state index in [0.29, 0.717) is 28.6 Å². The van der Waals surface area contributed by atoms with Crippen LogP contribution in [0.5, 0.6) is 0 Å². The summed E-state index contributed by atoms with van der Waals surface area (Å²) >= 11 is 0. The number of imidazole rings is 1. The van der Waals surface area contributed by atoms with Crippen LogP contribution in [0.1, 0.15) is 36.2 Å². The molecule has 1 aliphatic rings. The van der Waals surface area contributed by atoms with E-state index in [1.165, 1.54) is 42.9 Å². The minimum Gasteiger partial charge on any atom is -0.396 e. The number of rotatable bonds is 6. The lowest BCUT2D eigenvalue weighted by Gasteiger charge is -2.27. The summed E-state index contributed by atoms with van der Waals surface area (Å²) in [6, 6.07) is 7.42. The molecule has 0 radical (unpaired) electrons. The van der Waals surface area contributed by atoms with Gasteiger partial charge in [-0.15, -0.1) is 0 Å². The van der Waals surface area contributed by atoms with Crippen molar-refractivity contribution in [2.45, 2.75) is 38.5 Å². The standard InChI is InChI=1S/C25H21F4N5O3/c1-24(2)22(36)34(18-5-4-16(11-30)19(10-18)25(27,28)29)23(37)33(24)12-15-3-6-21(20(26)9-15)32-13-17(7-8-35)31-14-32/h3-6,9-10,13-14,35H,7-8,12H2,1-2H3. The van der Waals surface area contributed by atoms with Gasteiger partial charge >= 0.3 is 12.2 Å². The zero-order chi connectivity index (χ0) is 27.1. The molecule has 0 spiro atoms. The third kappa shape index (κ3) is 4.65. The lowest BCUT2D eigenvalue weighted by atomic mass is 10.0. The molecule has 3 aromatic rings. The molecule has 0 atom stereocenters. The summed E-state index contributed by atoms with van der Waals surface area (Å²) in [5, 5.41) is 18.0. The van der Waals surface area contributed by atoms with Crippen molar-refractivity contribution in [1.82, 2.24) is 14.5 Å². The minimum absolute atomic E-state index is 0.103. The number of aliphatic hydroxyl groups excluding tert-OH is 1. The highest BCUT2D eigenvalue weighted by Crippen LogP contribution is 2.38. The van der Waals surface area contributed by atoms with Crippen molar-refractivity contribution in [3.05, 3.63) is 77.1 Å². The van der Waals surface area contributed by atoms with E-state index < -0.39 is 40.6 Å². The summed E-state index contributed by atoms with van der Waals surface area (Å²) in [6.07, 6.45) is -1.58. The number of carbonyl (C=O) groups is 2. The van der Waals surface area contributed by atoms with Crippen LogP contribution in [0.3, 0.4) is 0 Å². The monoisotopic (exact) mass is 515 g/mol. The Morgan fingerprint density at radius 3 is 2.49 bits per heavy atom. The fourth-order valence-electron chi connectivity index (χ4n) is 4.11. The average Bonchev–Trinajstić information content (AvgIpc) is 3.35. The van der Waals surface area contributed by atoms with E-state index in [4.69, 9.17) is 10.4 Å². The molecule has 1 N–H and O–H groups in total. The van der Waals surface area contributed by atoms with Crippen molar-refractivity contribution >= 4 is 17.6 Å². The number of hydrogen-bond acceptors (Lipinski definition) is 5. The quantitative estimate of drug-likeness (QED) is 0.392. The summed E-state index contributed by atoms with van der Waals surface area (Å²) in [5.74, 6) is -1.39. The van der Waals surface area contributed by atoms with E-state index in [1.54, 1.807) is 12.3 Å². The number of aliphatic hydroxyl groups is 1. The van der Waals surface area contributed by atoms with Gasteiger partial charge in [0.25, 0.3) is 5.91 Å². The molecule has 37 heavy (non-hydrogen) atoms. The van der Waals surface area contributed by atoms with Gasteiger partial charge in [-0.25, -0.2) is 19.1 Å². The Hall–Kier alpha value is -4.24. The minimum atomic E-state index is -4.87. The van der Waals surface area contributed by atoms with Crippen molar-refractivity contribution in [3.8, 4) is 11.8 Å². The molecule has 0 unspecified atom stereocenters. The van der Waals surface area contributed by atoms with Crippen molar-refractivity contribution in [3.63, 3.8) is 0 Å². The van der Waals surface area contributed by atoms with E-state index in [1.807, 2.05) is 0 Å². The predicted octanol–water partition coefficient (Wildman–Crippen LogP) is 4.18. The second kappa shape index (κ2) is 9.33. The number of nitrogens with zero attached hydrogens (tertiary/aromatic N) is 5. The Kier molecular flexibility index (Phi) is 6.51. The highest BCUT2D eigenvalue weighted by molar-refractivity contribution is 6.23. The van der Waals surface area contributed by atoms with Gasteiger partial charge in [0, 0.05) is 25.8 Å². The van der Waals surface area contributed by atoms with E-state index in [-0.39, 0.29) is 24.5 Å². The van der Waals surface area contributed by atoms with Gasteiger partial charge in [0.2, 0.25) is 0 Å². The van der Waals surface area contributed by atoms with Crippen LogP contribution in [0, 0.1) is 17.1 Å². The van der Waals surface area contributed by atoms with Crippen LogP contribution < -0.4 is 4.90 Å². The fraction of sp³-hybridized carbons (Fsp3) is 0.280. The van der Waals surface area contributed by atoms with Gasteiger partial charge in [0.05, 0.1) is 40.6 Å². The summed E-state index contributed by atoms with van der Waals surface area (Å²) in [4.78, 5) is 32.2.